The molecule has 1 aliphatic rings. The second kappa shape index (κ2) is 11.5. The van der Waals surface area contributed by atoms with Crippen LogP contribution >= 0.6 is 11.6 Å². The summed E-state index contributed by atoms with van der Waals surface area (Å²) in [5, 5.41) is 6.74. The summed E-state index contributed by atoms with van der Waals surface area (Å²) in [6.07, 6.45) is 3.87. The van der Waals surface area contributed by atoms with Gasteiger partial charge in [-0.3, -0.25) is 4.79 Å². The van der Waals surface area contributed by atoms with Crippen LogP contribution < -0.4 is 25.0 Å². The maximum atomic E-state index is 12.1. The van der Waals surface area contributed by atoms with E-state index in [9.17, 15) is 4.79 Å². The summed E-state index contributed by atoms with van der Waals surface area (Å²) >= 11 is 6.51. The molecule has 0 aliphatic carbocycles. The van der Waals surface area contributed by atoms with Gasteiger partial charge in [0, 0.05) is 36.5 Å². The molecule has 2 N–H and O–H groups in total. The van der Waals surface area contributed by atoms with Crippen molar-refractivity contribution in [3.05, 3.63) is 47.0 Å². The molecule has 33 heavy (non-hydrogen) atoms. The molecule has 7 heteroatoms. The summed E-state index contributed by atoms with van der Waals surface area (Å²) in [7, 11) is 0. The zero-order chi connectivity index (χ0) is 23.8. The molecule has 0 spiro atoms. The monoisotopic (exact) mass is 473 g/mol. The van der Waals surface area contributed by atoms with E-state index >= 15 is 0 Å². The molecule has 0 radical (unpaired) electrons. The molecular formula is C26H36ClN3O3. The van der Waals surface area contributed by atoms with Crippen molar-refractivity contribution in [2.24, 2.45) is 0 Å². The molecule has 1 saturated heterocycles. The van der Waals surface area contributed by atoms with Crippen molar-refractivity contribution in [1.82, 2.24) is 5.32 Å². The minimum atomic E-state index is -0.325. The minimum absolute atomic E-state index is 0.127. The van der Waals surface area contributed by atoms with Gasteiger partial charge in [0.25, 0.3) is 5.91 Å². The molecular weight excluding hydrogens is 438 g/mol. The average molecular weight is 474 g/mol. The van der Waals surface area contributed by atoms with Gasteiger partial charge < -0.3 is 25.0 Å². The summed E-state index contributed by atoms with van der Waals surface area (Å²) in [4.78, 5) is 14.6. The number of piperidine rings is 1. The first kappa shape index (κ1) is 25.0. The van der Waals surface area contributed by atoms with Gasteiger partial charge in [-0.1, -0.05) is 11.6 Å². The minimum Gasteiger partial charge on any atom is -0.490 e. The van der Waals surface area contributed by atoms with Gasteiger partial charge in [-0.05, 0) is 88.9 Å². The molecule has 1 amide bonds. The van der Waals surface area contributed by atoms with Gasteiger partial charge >= 0.3 is 0 Å². The Morgan fingerprint density at radius 1 is 1.06 bits per heavy atom. The molecule has 1 fully saturated rings. The Morgan fingerprint density at radius 3 is 2.39 bits per heavy atom. The summed E-state index contributed by atoms with van der Waals surface area (Å²) in [5.41, 5.74) is 2.96. The fraction of sp³-hybridized carbons (Fsp3) is 0.500. The lowest BCUT2D eigenvalue weighted by Gasteiger charge is -2.28. The number of amides is 1. The number of carbonyl (C=O) groups excluding carboxylic acids is 1. The van der Waals surface area contributed by atoms with Crippen LogP contribution in [-0.4, -0.2) is 37.7 Å². The first-order valence-corrected chi connectivity index (χ1v) is 12.1. The maximum absolute atomic E-state index is 12.1. The predicted molar refractivity (Wildman–Crippen MR) is 136 cm³/mol. The van der Waals surface area contributed by atoms with Gasteiger partial charge in [-0.25, -0.2) is 0 Å². The number of rotatable bonds is 9. The molecule has 2 aromatic carbocycles. The number of halogens is 1. The van der Waals surface area contributed by atoms with Crippen LogP contribution in [0.25, 0.3) is 0 Å². The standard InChI is InChI=1S/C26H36ClN3O3/c1-5-32-23-16-19(15-22(27)25(23)33-18-24(31)29-26(2,3)4)17-28-20-9-11-21(12-10-20)30-13-7-6-8-14-30/h9-12,15-16,28H,5-8,13-14,17-18H2,1-4H3,(H,29,31). The van der Waals surface area contributed by atoms with Crippen molar-refractivity contribution in [3.63, 3.8) is 0 Å². The number of nitrogens with one attached hydrogen (secondary N) is 2. The summed E-state index contributed by atoms with van der Waals surface area (Å²) in [5.74, 6) is 0.711. The fourth-order valence-corrected chi connectivity index (χ4v) is 4.15. The zero-order valence-corrected chi connectivity index (χ0v) is 20.9. The van der Waals surface area contributed by atoms with E-state index in [2.05, 4.69) is 39.8 Å². The summed E-state index contributed by atoms with van der Waals surface area (Å²) in [6, 6.07) is 12.3. The molecule has 6 nitrogen and oxygen atoms in total. The highest BCUT2D eigenvalue weighted by Gasteiger charge is 2.18. The van der Waals surface area contributed by atoms with E-state index < -0.39 is 0 Å². The SMILES string of the molecule is CCOc1cc(CNc2ccc(N3CCCCC3)cc2)cc(Cl)c1OCC(=O)NC(C)(C)C. The highest BCUT2D eigenvalue weighted by Crippen LogP contribution is 2.37. The Labute approximate surface area is 202 Å². The number of ether oxygens (including phenoxy) is 2. The van der Waals surface area contributed by atoms with Crippen molar-refractivity contribution in [1.29, 1.82) is 0 Å². The van der Waals surface area contributed by atoms with E-state index in [0.29, 0.717) is 29.7 Å². The second-order valence-electron chi connectivity index (χ2n) is 9.37. The van der Waals surface area contributed by atoms with Gasteiger partial charge in [-0.15, -0.1) is 0 Å². The number of hydrogen-bond donors (Lipinski definition) is 2. The van der Waals surface area contributed by atoms with E-state index in [4.69, 9.17) is 21.1 Å². The topological polar surface area (TPSA) is 62.8 Å². The molecule has 3 rings (SSSR count). The van der Waals surface area contributed by atoms with Crippen LogP contribution in [0.4, 0.5) is 11.4 Å². The molecule has 1 heterocycles. The third kappa shape index (κ3) is 7.74. The van der Waals surface area contributed by atoms with Gasteiger partial charge in [0.1, 0.15) is 0 Å². The molecule has 2 aromatic rings. The number of anilines is 2. The van der Waals surface area contributed by atoms with Crippen molar-refractivity contribution >= 4 is 28.9 Å². The van der Waals surface area contributed by atoms with Crippen LogP contribution in [0.5, 0.6) is 11.5 Å². The van der Waals surface area contributed by atoms with Crippen molar-refractivity contribution in [3.8, 4) is 11.5 Å². The third-order valence-electron chi connectivity index (χ3n) is 5.32. The zero-order valence-electron chi connectivity index (χ0n) is 20.2. The Bertz CT molecular complexity index is 920. The molecule has 0 aromatic heterocycles. The third-order valence-corrected chi connectivity index (χ3v) is 5.60. The average Bonchev–Trinajstić information content (AvgIpc) is 2.77. The fourth-order valence-electron chi connectivity index (χ4n) is 3.86. The lowest BCUT2D eigenvalue weighted by atomic mass is 10.1. The summed E-state index contributed by atoms with van der Waals surface area (Å²) in [6.45, 7) is 10.9. The normalized spacial score (nSPS) is 14.0. The van der Waals surface area contributed by atoms with E-state index in [-0.39, 0.29) is 18.1 Å². The van der Waals surface area contributed by atoms with E-state index in [0.717, 1.165) is 24.3 Å². The van der Waals surface area contributed by atoms with Gasteiger partial charge in [-0.2, -0.15) is 0 Å². The molecule has 0 bridgehead atoms. The molecule has 180 valence electrons. The van der Waals surface area contributed by atoms with Gasteiger partial charge in [0.05, 0.1) is 11.6 Å². The molecule has 1 aliphatic heterocycles. The van der Waals surface area contributed by atoms with Crippen LogP contribution in [0.2, 0.25) is 5.02 Å². The van der Waals surface area contributed by atoms with Crippen LogP contribution in [-0.2, 0) is 11.3 Å². The Morgan fingerprint density at radius 2 is 1.76 bits per heavy atom. The first-order chi connectivity index (χ1) is 15.7. The number of carbonyl (C=O) groups is 1. The van der Waals surface area contributed by atoms with E-state index in [1.165, 1.54) is 24.9 Å². The maximum Gasteiger partial charge on any atom is 0.258 e. The van der Waals surface area contributed by atoms with E-state index in [1.54, 1.807) is 0 Å². The van der Waals surface area contributed by atoms with Crippen LogP contribution in [0.3, 0.4) is 0 Å². The highest BCUT2D eigenvalue weighted by atomic mass is 35.5. The van der Waals surface area contributed by atoms with Crippen molar-refractivity contribution < 1.29 is 14.3 Å². The van der Waals surface area contributed by atoms with Crippen LogP contribution in [0, 0.1) is 0 Å². The number of benzene rings is 2. The first-order valence-electron chi connectivity index (χ1n) is 11.7. The van der Waals surface area contributed by atoms with Gasteiger partial charge in [0.2, 0.25) is 0 Å². The predicted octanol–water partition coefficient (Wildman–Crippen LogP) is 5.63. The van der Waals surface area contributed by atoms with Crippen LogP contribution in [0.1, 0.15) is 52.5 Å². The number of hydrogen-bond acceptors (Lipinski definition) is 5. The number of nitrogens with zero attached hydrogens (tertiary/aromatic N) is 1. The molecule has 0 saturated carbocycles. The van der Waals surface area contributed by atoms with Crippen molar-refractivity contribution in [2.45, 2.75) is 59.0 Å². The summed E-state index contributed by atoms with van der Waals surface area (Å²) < 4.78 is 11.5. The lowest BCUT2D eigenvalue weighted by molar-refractivity contribution is -0.124. The highest BCUT2D eigenvalue weighted by molar-refractivity contribution is 6.32. The van der Waals surface area contributed by atoms with Crippen LogP contribution in [0.15, 0.2) is 36.4 Å². The molecule has 0 atom stereocenters. The second-order valence-corrected chi connectivity index (χ2v) is 9.78. The largest absolute Gasteiger partial charge is 0.490 e. The quantitative estimate of drug-likeness (QED) is 0.493. The lowest BCUT2D eigenvalue weighted by Crippen LogP contribution is -2.43. The smallest absolute Gasteiger partial charge is 0.258 e. The van der Waals surface area contributed by atoms with Gasteiger partial charge in [0.15, 0.2) is 18.1 Å². The molecule has 0 unspecified atom stereocenters. The van der Waals surface area contributed by atoms with Crippen molar-refractivity contribution in [2.75, 3.05) is 36.5 Å². The Kier molecular flexibility index (Phi) is 8.73. The Hall–Kier alpha value is -2.60. The van der Waals surface area contributed by atoms with E-state index in [1.807, 2.05) is 39.8 Å². The Balaban J connectivity index is 1.63.